The summed E-state index contributed by atoms with van der Waals surface area (Å²) in [6.07, 6.45) is 0.0629. The highest BCUT2D eigenvalue weighted by molar-refractivity contribution is 5.79. The van der Waals surface area contributed by atoms with Gasteiger partial charge in [-0.3, -0.25) is 4.79 Å². The maximum absolute atomic E-state index is 10.9. The van der Waals surface area contributed by atoms with Crippen molar-refractivity contribution in [1.82, 2.24) is 9.97 Å². The standard InChI is InChI=1S/C17H16N2O.C8H16O2.CH4O/c1-12(2)20-17-16(13-8-4-3-5-9-13)18-14-10-6-7-11-15(14)19-17;1-6(2)7(9)10-8(3,4)5;1-2/h3-12H,1-2H3;6H,1-5H3;2H,1H3. The number of rotatable bonds is 4. The van der Waals surface area contributed by atoms with Crippen molar-refractivity contribution in [2.24, 2.45) is 5.92 Å². The molecule has 0 saturated heterocycles. The molecule has 0 aliphatic rings. The maximum atomic E-state index is 10.9. The summed E-state index contributed by atoms with van der Waals surface area (Å²) in [6.45, 7) is 13.2. The van der Waals surface area contributed by atoms with Gasteiger partial charge in [0.05, 0.1) is 23.1 Å². The van der Waals surface area contributed by atoms with Gasteiger partial charge in [0.1, 0.15) is 11.3 Å². The van der Waals surface area contributed by atoms with Crippen LogP contribution in [-0.2, 0) is 9.53 Å². The van der Waals surface area contributed by atoms with Gasteiger partial charge in [-0.05, 0) is 46.8 Å². The topological polar surface area (TPSA) is 81.5 Å². The van der Waals surface area contributed by atoms with E-state index in [1.54, 1.807) is 0 Å². The molecule has 2 aromatic carbocycles. The van der Waals surface area contributed by atoms with Crippen molar-refractivity contribution in [2.45, 2.75) is 60.2 Å². The number of para-hydroxylation sites is 2. The van der Waals surface area contributed by atoms with Crippen molar-refractivity contribution in [2.75, 3.05) is 7.11 Å². The maximum Gasteiger partial charge on any atom is 0.308 e. The molecule has 0 saturated carbocycles. The van der Waals surface area contributed by atoms with Crippen LogP contribution < -0.4 is 4.74 Å². The molecule has 0 spiro atoms. The summed E-state index contributed by atoms with van der Waals surface area (Å²) in [7, 11) is 1.00. The lowest BCUT2D eigenvalue weighted by molar-refractivity contribution is -0.158. The minimum atomic E-state index is -0.346. The molecule has 1 N–H and O–H groups in total. The van der Waals surface area contributed by atoms with E-state index in [4.69, 9.17) is 19.6 Å². The molecule has 0 amide bonds. The summed E-state index contributed by atoms with van der Waals surface area (Å²) >= 11 is 0. The Kier molecular flexibility index (Phi) is 10.8. The number of fused-ring (bicyclic) bond motifs is 1. The van der Waals surface area contributed by atoms with Crippen molar-refractivity contribution in [3.05, 3.63) is 54.6 Å². The van der Waals surface area contributed by atoms with Crippen LogP contribution in [0.3, 0.4) is 0 Å². The first-order chi connectivity index (χ1) is 15.1. The van der Waals surface area contributed by atoms with E-state index in [1.165, 1.54) is 0 Å². The number of benzene rings is 2. The van der Waals surface area contributed by atoms with Gasteiger partial charge in [0.2, 0.25) is 5.88 Å². The Hall–Kier alpha value is -2.99. The number of hydrogen-bond acceptors (Lipinski definition) is 6. The van der Waals surface area contributed by atoms with Gasteiger partial charge in [-0.1, -0.05) is 56.3 Å². The third kappa shape index (κ3) is 9.02. The summed E-state index contributed by atoms with van der Waals surface area (Å²) in [5.41, 5.74) is 3.19. The summed E-state index contributed by atoms with van der Waals surface area (Å²) in [5, 5.41) is 7.00. The predicted octanol–water partition coefficient (Wildman–Crippen LogP) is 5.68. The second-order valence-corrected chi connectivity index (χ2v) is 8.59. The molecule has 174 valence electrons. The van der Waals surface area contributed by atoms with E-state index in [0.29, 0.717) is 5.88 Å². The summed E-state index contributed by atoms with van der Waals surface area (Å²) < 4.78 is 10.9. The number of hydrogen-bond donors (Lipinski definition) is 1. The van der Waals surface area contributed by atoms with Crippen molar-refractivity contribution >= 4 is 17.0 Å². The van der Waals surface area contributed by atoms with Crippen LogP contribution >= 0.6 is 0 Å². The van der Waals surface area contributed by atoms with Crippen LogP contribution in [0.4, 0.5) is 0 Å². The van der Waals surface area contributed by atoms with Gasteiger partial charge in [0.15, 0.2) is 0 Å². The number of carbonyl (C=O) groups excluding carboxylic acids is 1. The van der Waals surface area contributed by atoms with Crippen LogP contribution in [0.5, 0.6) is 5.88 Å². The average molecular weight is 441 g/mol. The quantitative estimate of drug-likeness (QED) is 0.526. The Bertz CT molecular complexity index is 964. The fourth-order valence-electron chi connectivity index (χ4n) is 2.49. The molecule has 0 aliphatic carbocycles. The lowest BCUT2D eigenvalue weighted by Gasteiger charge is -2.20. The van der Waals surface area contributed by atoms with Gasteiger partial charge in [-0.15, -0.1) is 0 Å². The summed E-state index contributed by atoms with van der Waals surface area (Å²) in [4.78, 5) is 20.3. The normalized spacial score (nSPS) is 10.7. The molecular formula is C26H36N2O4. The highest BCUT2D eigenvalue weighted by atomic mass is 16.6. The molecular weight excluding hydrogens is 404 g/mol. The SMILES string of the molecule is CC(C)C(=O)OC(C)(C)C.CC(C)Oc1nc2ccccc2nc1-c1ccccc1.CO. The minimum absolute atomic E-state index is 0.0285. The molecule has 0 unspecified atom stereocenters. The van der Waals surface area contributed by atoms with E-state index in [-0.39, 0.29) is 23.6 Å². The van der Waals surface area contributed by atoms with Crippen molar-refractivity contribution in [1.29, 1.82) is 0 Å². The number of aromatic nitrogens is 2. The number of ether oxygens (including phenoxy) is 2. The Balaban J connectivity index is 0.000000364. The number of esters is 1. The Morgan fingerprint density at radius 1 is 0.844 bits per heavy atom. The third-order valence-corrected chi connectivity index (χ3v) is 3.81. The molecule has 0 radical (unpaired) electrons. The number of aliphatic hydroxyl groups excluding tert-OH is 1. The van der Waals surface area contributed by atoms with Crippen molar-refractivity contribution in [3.8, 4) is 17.1 Å². The smallest absolute Gasteiger partial charge is 0.308 e. The fraction of sp³-hybridized carbons (Fsp3) is 0.423. The zero-order chi connectivity index (χ0) is 24.3. The largest absolute Gasteiger partial charge is 0.473 e. The van der Waals surface area contributed by atoms with Crippen LogP contribution in [0.2, 0.25) is 0 Å². The summed E-state index contributed by atoms with van der Waals surface area (Å²) in [6, 6.07) is 17.8. The van der Waals surface area contributed by atoms with Gasteiger partial charge in [0.25, 0.3) is 0 Å². The lowest BCUT2D eigenvalue weighted by Crippen LogP contribution is -2.26. The zero-order valence-electron chi connectivity index (χ0n) is 20.4. The Morgan fingerprint density at radius 2 is 1.34 bits per heavy atom. The summed E-state index contributed by atoms with van der Waals surface area (Å²) in [5.74, 6) is 0.427. The van der Waals surface area contributed by atoms with E-state index < -0.39 is 0 Å². The second kappa shape index (κ2) is 12.8. The molecule has 0 aliphatic heterocycles. The van der Waals surface area contributed by atoms with Gasteiger partial charge >= 0.3 is 5.97 Å². The van der Waals surface area contributed by atoms with Crippen LogP contribution in [0.25, 0.3) is 22.3 Å². The Labute approximate surface area is 191 Å². The molecule has 6 heteroatoms. The molecule has 3 aromatic rings. The number of carbonyl (C=O) groups is 1. The van der Waals surface area contributed by atoms with E-state index in [9.17, 15) is 4.79 Å². The molecule has 3 rings (SSSR count). The van der Waals surface area contributed by atoms with Gasteiger partial charge in [-0.2, -0.15) is 0 Å². The Morgan fingerprint density at radius 3 is 1.78 bits per heavy atom. The third-order valence-electron chi connectivity index (χ3n) is 3.81. The van der Waals surface area contributed by atoms with Crippen molar-refractivity contribution < 1.29 is 19.4 Å². The van der Waals surface area contributed by atoms with E-state index in [0.717, 1.165) is 29.4 Å². The lowest BCUT2D eigenvalue weighted by atomic mass is 10.1. The predicted molar refractivity (Wildman–Crippen MR) is 130 cm³/mol. The van der Waals surface area contributed by atoms with Gasteiger partial charge in [-0.25, -0.2) is 9.97 Å². The molecule has 6 nitrogen and oxygen atoms in total. The van der Waals surface area contributed by atoms with Gasteiger partial charge < -0.3 is 14.6 Å². The van der Waals surface area contributed by atoms with Crippen LogP contribution in [0, 0.1) is 5.92 Å². The highest BCUT2D eigenvalue weighted by Crippen LogP contribution is 2.29. The van der Waals surface area contributed by atoms with Crippen LogP contribution in [-0.4, -0.2) is 39.9 Å². The molecule has 1 aromatic heterocycles. The first-order valence-corrected chi connectivity index (χ1v) is 10.7. The van der Waals surface area contributed by atoms with Gasteiger partial charge in [0, 0.05) is 12.7 Å². The molecule has 32 heavy (non-hydrogen) atoms. The average Bonchev–Trinajstić information content (AvgIpc) is 2.74. The fourth-order valence-corrected chi connectivity index (χ4v) is 2.49. The van der Waals surface area contributed by atoms with Crippen LogP contribution in [0.15, 0.2) is 54.6 Å². The number of aliphatic hydroxyl groups is 1. The van der Waals surface area contributed by atoms with E-state index >= 15 is 0 Å². The highest BCUT2D eigenvalue weighted by Gasteiger charge is 2.18. The van der Waals surface area contributed by atoms with Crippen molar-refractivity contribution in [3.63, 3.8) is 0 Å². The molecule has 1 heterocycles. The molecule has 0 atom stereocenters. The zero-order valence-corrected chi connectivity index (χ0v) is 20.4. The first-order valence-electron chi connectivity index (χ1n) is 10.7. The molecule has 0 bridgehead atoms. The monoisotopic (exact) mass is 440 g/mol. The first kappa shape index (κ1) is 27.0. The molecule has 0 fully saturated rings. The second-order valence-electron chi connectivity index (χ2n) is 8.59. The number of nitrogens with zero attached hydrogens (tertiary/aromatic N) is 2. The van der Waals surface area contributed by atoms with Crippen LogP contribution in [0.1, 0.15) is 48.5 Å². The van der Waals surface area contributed by atoms with E-state index in [1.807, 2.05) is 103 Å². The minimum Gasteiger partial charge on any atom is -0.473 e. The van der Waals surface area contributed by atoms with E-state index in [2.05, 4.69) is 4.98 Å².